The van der Waals surface area contributed by atoms with Crippen LogP contribution in [0.4, 0.5) is 17.6 Å². The molecule has 12 heteroatoms. The number of alkyl halides is 3. The molecule has 1 saturated heterocycles. The van der Waals surface area contributed by atoms with E-state index in [0.29, 0.717) is 4.90 Å². The lowest BCUT2D eigenvalue weighted by Gasteiger charge is -2.28. The number of amides is 1. The van der Waals surface area contributed by atoms with E-state index < -0.39 is 86.1 Å². The van der Waals surface area contributed by atoms with Crippen molar-refractivity contribution in [2.45, 2.75) is 41.6 Å². The van der Waals surface area contributed by atoms with Gasteiger partial charge < -0.3 is 10.0 Å². The summed E-state index contributed by atoms with van der Waals surface area (Å²) in [5.74, 6) is -3.83. The van der Waals surface area contributed by atoms with Crippen molar-refractivity contribution in [2.75, 3.05) is 6.54 Å². The first kappa shape index (κ1) is 20.8. The number of halogens is 5. The maximum absolute atomic E-state index is 13.2. The van der Waals surface area contributed by atoms with Crippen molar-refractivity contribution in [3.8, 4) is 0 Å². The number of carboxylic acids is 1. The first-order chi connectivity index (χ1) is 12.8. The number of benzene rings is 1. The average molecular weight is 444 g/mol. The Bertz CT molecular complexity index is 945. The molecular weight excluding hydrogens is 430 g/mol. The predicted octanol–water partition coefficient (Wildman–Crippen LogP) is 2.65. The normalized spacial score (nSPS) is 24.2. The van der Waals surface area contributed by atoms with Crippen molar-refractivity contribution in [3.63, 3.8) is 0 Å². The zero-order chi connectivity index (χ0) is 21.1. The lowest BCUT2D eigenvalue weighted by molar-refractivity contribution is -0.199. The summed E-state index contributed by atoms with van der Waals surface area (Å²) in [5.41, 5.74) is -2.66. The van der Waals surface area contributed by atoms with Crippen LogP contribution in [0, 0.1) is 11.2 Å². The second-order valence-electron chi connectivity index (χ2n) is 6.87. The number of carbonyl (C=O) groups excluding carboxylic acids is 1. The molecule has 154 valence electrons. The molecule has 0 bridgehead atoms. The van der Waals surface area contributed by atoms with Crippen LogP contribution in [0.25, 0.3) is 0 Å². The average Bonchev–Trinajstić information content (AvgIpc) is 3.25. The van der Waals surface area contributed by atoms with Gasteiger partial charge in [-0.1, -0.05) is 11.6 Å². The number of likely N-dealkylation sites (tertiary alicyclic amines) is 1. The molecule has 1 N–H and O–H groups in total. The van der Waals surface area contributed by atoms with Crippen LogP contribution in [-0.2, 0) is 19.4 Å². The third kappa shape index (κ3) is 3.24. The molecule has 1 aromatic rings. The maximum Gasteiger partial charge on any atom is 0.403 e. The molecule has 0 spiro atoms. The van der Waals surface area contributed by atoms with Crippen LogP contribution in [0.5, 0.6) is 0 Å². The van der Waals surface area contributed by atoms with Crippen molar-refractivity contribution in [1.29, 1.82) is 0 Å². The van der Waals surface area contributed by atoms with Gasteiger partial charge in [0.05, 0.1) is 15.2 Å². The molecule has 1 aliphatic heterocycles. The summed E-state index contributed by atoms with van der Waals surface area (Å²) < 4.78 is 78.5. The van der Waals surface area contributed by atoms with E-state index in [1.54, 1.807) is 0 Å². The van der Waals surface area contributed by atoms with Crippen LogP contribution < -0.4 is 0 Å². The Kier molecular flexibility index (Phi) is 4.90. The second-order valence-corrected chi connectivity index (χ2v) is 9.47. The smallest absolute Gasteiger partial charge is 0.403 e. The van der Waals surface area contributed by atoms with Crippen molar-refractivity contribution in [3.05, 3.63) is 29.0 Å². The number of sulfone groups is 1. The summed E-state index contributed by atoms with van der Waals surface area (Å²) in [6.07, 6.45) is -6.39. The number of carbonyl (C=O) groups is 2. The third-order valence-electron chi connectivity index (χ3n) is 5.15. The van der Waals surface area contributed by atoms with E-state index in [0.717, 1.165) is 18.2 Å². The van der Waals surface area contributed by atoms with Gasteiger partial charge in [0.25, 0.3) is 0 Å². The minimum Gasteiger partial charge on any atom is -0.480 e. The molecule has 2 fully saturated rings. The Morgan fingerprint density at radius 3 is 2.32 bits per heavy atom. The fourth-order valence-electron chi connectivity index (χ4n) is 3.38. The summed E-state index contributed by atoms with van der Waals surface area (Å²) in [5, 5.41) is 7.40. The number of nitrogens with zero attached hydrogens (tertiary/aromatic N) is 1. The molecule has 6 nitrogen and oxygen atoms in total. The predicted molar refractivity (Wildman–Crippen MR) is 87.9 cm³/mol. The van der Waals surface area contributed by atoms with E-state index >= 15 is 0 Å². The van der Waals surface area contributed by atoms with Gasteiger partial charge in [0.2, 0.25) is 5.91 Å². The van der Waals surface area contributed by atoms with Gasteiger partial charge in [-0.2, -0.15) is 13.2 Å². The highest BCUT2D eigenvalue weighted by Gasteiger charge is 2.70. The Hall–Kier alpha value is -1.88. The molecule has 1 aliphatic carbocycles. The molecule has 0 aromatic heterocycles. The van der Waals surface area contributed by atoms with Crippen molar-refractivity contribution in [1.82, 2.24) is 4.90 Å². The van der Waals surface area contributed by atoms with Gasteiger partial charge in [0.1, 0.15) is 17.3 Å². The number of rotatable bonds is 4. The first-order valence-corrected chi connectivity index (χ1v) is 10.0. The van der Waals surface area contributed by atoms with Crippen LogP contribution in [0.1, 0.15) is 19.3 Å². The van der Waals surface area contributed by atoms with Crippen molar-refractivity contribution >= 4 is 33.3 Å². The SMILES string of the molecule is O=C(O)[C@@H]1C[C@@H](S(=O)(=O)c2ccc(F)cc2Cl)CN1C(=O)C1(C(F)(F)F)CC1. The summed E-state index contributed by atoms with van der Waals surface area (Å²) in [7, 11) is -4.32. The molecule has 0 unspecified atom stereocenters. The standard InChI is InChI=1S/C16H14ClF4NO5S/c17-10-5-8(18)1-2-12(10)28(26,27)9-6-11(13(23)24)22(7-9)14(25)15(3-4-15)16(19,20)21/h1-2,5,9,11H,3-4,6-7H2,(H,23,24)/t9-,11+/m1/s1. The molecule has 2 atom stereocenters. The van der Waals surface area contributed by atoms with E-state index in [2.05, 4.69) is 0 Å². The number of aliphatic carboxylic acids is 1. The highest BCUT2D eigenvalue weighted by atomic mass is 35.5. The summed E-state index contributed by atoms with van der Waals surface area (Å²) >= 11 is 5.77. The fraction of sp³-hybridized carbons (Fsp3) is 0.500. The molecule has 28 heavy (non-hydrogen) atoms. The first-order valence-electron chi connectivity index (χ1n) is 8.11. The largest absolute Gasteiger partial charge is 0.480 e. The summed E-state index contributed by atoms with van der Waals surface area (Å²) in [6, 6.07) is 0.773. The van der Waals surface area contributed by atoms with E-state index in [9.17, 15) is 40.7 Å². The zero-order valence-corrected chi connectivity index (χ0v) is 15.6. The topological polar surface area (TPSA) is 91.8 Å². The van der Waals surface area contributed by atoms with Crippen molar-refractivity contribution in [2.24, 2.45) is 5.41 Å². The van der Waals surface area contributed by atoms with Gasteiger partial charge in [-0.25, -0.2) is 17.6 Å². The minimum atomic E-state index is -4.86. The molecule has 1 saturated carbocycles. The molecule has 0 radical (unpaired) electrons. The highest BCUT2D eigenvalue weighted by Crippen LogP contribution is 2.59. The van der Waals surface area contributed by atoms with E-state index in [1.165, 1.54) is 0 Å². The fourth-order valence-corrected chi connectivity index (χ4v) is 5.61. The number of hydrogen-bond acceptors (Lipinski definition) is 4. The summed E-state index contributed by atoms with van der Waals surface area (Å²) in [6.45, 7) is -0.719. The lowest BCUT2D eigenvalue weighted by Crippen LogP contribution is -2.48. The number of carboxylic acid groups (broad SMARTS) is 1. The molecular formula is C16H14ClF4NO5S. The Balaban J connectivity index is 1.94. The van der Waals surface area contributed by atoms with E-state index in [1.807, 2.05) is 0 Å². The van der Waals surface area contributed by atoms with Gasteiger partial charge >= 0.3 is 12.1 Å². The van der Waals surface area contributed by atoms with Crippen molar-refractivity contribution < 1.29 is 40.7 Å². The molecule has 2 aliphatic rings. The van der Waals surface area contributed by atoms with Gasteiger partial charge in [-0.3, -0.25) is 4.79 Å². The van der Waals surface area contributed by atoms with Crippen LogP contribution in [0.3, 0.4) is 0 Å². The van der Waals surface area contributed by atoms with Crippen LogP contribution in [-0.4, -0.2) is 54.3 Å². The lowest BCUT2D eigenvalue weighted by atomic mass is 10.0. The van der Waals surface area contributed by atoms with Gasteiger partial charge in [-0.15, -0.1) is 0 Å². The van der Waals surface area contributed by atoms with Crippen LogP contribution in [0.2, 0.25) is 5.02 Å². The second kappa shape index (κ2) is 6.58. The van der Waals surface area contributed by atoms with Gasteiger partial charge in [-0.05, 0) is 37.5 Å². The minimum absolute atomic E-state index is 0.439. The molecule has 1 aromatic carbocycles. The monoisotopic (exact) mass is 443 g/mol. The third-order valence-corrected chi connectivity index (χ3v) is 7.76. The van der Waals surface area contributed by atoms with Crippen LogP contribution >= 0.6 is 11.6 Å². The highest BCUT2D eigenvalue weighted by molar-refractivity contribution is 7.92. The molecule has 3 rings (SSSR count). The van der Waals surface area contributed by atoms with Crippen LogP contribution in [0.15, 0.2) is 23.1 Å². The van der Waals surface area contributed by atoms with E-state index in [4.69, 9.17) is 11.6 Å². The quantitative estimate of drug-likeness (QED) is 0.570. The Morgan fingerprint density at radius 1 is 1.25 bits per heavy atom. The number of hydrogen-bond donors (Lipinski definition) is 1. The van der Waals surface area contributed by atoms with Gasteiger partial charge in [0.15, 0.2) is 9.84 Å². The zero-order valence-electron chi connectivity index (χ0n) is 14.0. The molecule has 1 heterocycles. The maximum atomic E-state index is 13.2. The Morgan fingerprint density at radius 2 is 1.86 bits per heavy atom. The van der Waals surface area contributed by atoms with E-state index in [-0.39, 0.29) is 0 Å². The van der Waals surface area contributed by atoms with Gasteiger partial charge in [0, 0.05) is 6.54 Å². The Labute approximate surface area is 162 Å². The molecule has 1 amide bonds. The summed E-state index contributed by atoms with van der Waals surface area (Å²) in [4.78, 5) is 24.0.